The van der Waals surface area contributed by atoms with Crippen LogP contribution in [-0.2, 0) is 6.42 Å². The summed E-state index contributed by atoms with van der Waals surface area (Å²) in [7, 11) is 3.51. The molecular formula is C24H29FN6O. The monoisotopic (exact) mass is 436 g/mol. The number of methoxy groups -OCH3 is 1. The van der Waals surface area contributed by atoms with Crippen molar-refractivity contribution in [3.8, 4) is 11.4 Å². The molecule has 8 heteroatoms. The van der Waals surface area contributed by atoms with Gasteiger partial charge in [0.25, 0.3) is 0 Å². The molecule has 1 fully saturated rings. The summed E-state index contributed by atoms with van der Waals surface area (Å²) >= 11 is 0. The van der Waals surface area contributed by atoms with Crippen molar-refractivity contribution < 1.29 is 9.13 Å². The smallest absolute Gasteiger partial charge is 0.193 e. The van der Waals surface area contributed by atoms with Gasteiger partial charge in [0.1, 0.15) is 11.6 Å². The van der Waals surface area contributed by atoms with Gasteiger partial charge in [-0.25, -0.2) is 9.07 Å². The second-order valence-electron chi connectivity index (χ2n) is 7.63. The SMILES string of the molecule is CN=C(NCCc1ccn(-c2ccc(F)cc2)n1)N1CCN(c2cccc(OC)c2)CC1. The van der Waals surface area contributed by atoms with Crippen LogP contribution in [-0.4, -0.2) is 67.5 Å². The van der Waals surface area contributed by atoms with Crippen molar-refractivity contribution in [3.05, 3.63) is 72.3 Å². The predicted octanol–water partition coefficient (Wildman–Crippen LogP) is 2.96. The first kappa shape index (κ1) is 21.7. The number of aromatic nitrogens is 2. The van der Waals surface area contributed by atoms with E-state index in [1.54, 1.807) is 23.9 Å². The molecule has 32 heavy (non-hydrogen) atoms. The van der Waals surface area contributed by atoms with Gasteiger partial charge in [-0.1, -0.05) is 6.07 Å². The molecule has 0 radical (unpaired) electrons. The maximum atomic E-state index is 13.1. The van der Waals surface area contributed by atoms with Gasteiger partial charge < -0.3 is 19.9 Å². The summed E-state index contributed by atoms with van der Waals surface area (Å²) in [5.74, 6) is 1.54. The Labute approximate surface area is 188 Å². The van der Waals surface area contributed by atoms with E-state index < -0.39 is 0 Å². The van der Waals surface area contributed by atoms with Gasteiger partial charge in [-0.15, -0.1) is 0 Å². The predicted molar refractivity (Wildman–Crippen MR) is 125 cm³/mol. The molecule has 7 nitrogen and oxygen atoms in total. The zero-order valence-corrected chi connectivity index (χ0v) is 18.5. The Morgan fingerprint density at radius 3 is 2.56 bits per heavy atom. The molecule has 0 saturated carbocycles. The highest BCUT2D eigenvalue weighted by atomic mass is 19.1. The Kier molecular flexibility index (Phi) is 6.89. The third-order valence-electron chi connectivity index (χ3n) is 5.61. The number of benzene rings is 2. The molecule has 2 aromatic carbocycles. The summed E-state index contributed by atoms with van der Waals surface area (Å²) < 4.78 is 20.2. The fourth-order valence-electron chi connectivity index (χ4n) is 3.85. The first-order valence-corrected chi connectivity index (χ1v) is 10.8. The van der Waals surface area contributed by atoms with Crippen LogP contribution in [0.2, 0.25) is 0 Å². The van der Waals surface area contributed by atoms with Crippen molar-refractivity contribution in [3.63, 3.8) is 0 Å². The standard InChI is InChI=1S/C24H29FN6O/c1-26-24(30-16-14-29(15-17-30)22-4-3-5-23(18-22)32-2)27-12-10-20-11-13-31(28-20)21-8-6-19(25)7-9-21/h3-9,11,13,18H,10,12,14-17H2,1-2H3,(H,26,27). The van der Waals surface area contributed by atoms with Crippen LogP contribution < -0.4 is 15.0 Å². The summed E-state index contributed by atoms with van der Waals surface area (Å²) in [6.45, 7) is 4.39. The lowest BCUT2D eigenvalue weighted by Gasteiger charge is -2.37. The Bertz CT molecular complexity index is 1040. The second-order valence-corrected chi connectivity index (χ2v) is 7.63. The summed E-state index contributed by atoms with van der Waals surface area (Å²) in [4.78, 5) is 9.12. The lowest BCUT2D eigenvalue weighted by Crippen LogP contribution is -2.52. The number of halogens is 1. The molecule has 0 unspecified atom stereocenters. The topological polar surface area (TPSA) is 57.9 Å². The fourth-order valence-corrected chi connectivity index (χ4v) is 3.85. The quantitative estimate of drug-likeness (QED) is 0.476. The highest BCUT2D eigenvalue weighted by Crippen LogP contribution is 2.22. The van der Waals surface area contributed by atoms with E-state index >= 15 is 0 Å². The van der Waals surface area contributed by atoms with Crippen molar-refractivity contribution in [2.75, 3.05) is 51.8 Å². The summed E-state index contributed by atoms with van der Waals surface area (Å²) in [5, 5.41) is 8.04. The molecule has 3 aromatic rings. The van der Waals surface area contributed by atoms with E-state index in [1.807, 2.05) is 31.4 Å². The van der Waals surface area contributed by atoms with Crippen LogP contribution in [0.1, 0.15) is 5.69 Å². The number of guanidine groups is 1. The largest absolute Gasteiger partial charge is 0.497 e. The highest BCUT2D eigenvalue weighted by molar-refractivity contribution is 5.80. The molecular weight excluding hydrogens is 407 g/mol. The average Bonchev–Trinajstić information content (AvgIpc) is 3.31. The molecule has 4 rings (SSSR count). The Balaban J connectivity index is 1.26. The third kappa shape index (κ3) is 5.19. The molecule has 1 aromatic heterocycles. The van der Waals surface area contributed by atoms with Crippen molar-refractivity contribution in [1.29, 1.82) is 0 Å². The van der Waals surface area contributed by atoms with Gasteiger partial charge in [0.05, 0.1) is 18.5 Å². The number of nitrogens with one attached hydrogen (secondary N) is 1. The molecule has 0 spiro atoms. The van der Waals surface area contributed by atoms with Gasteiger partial charge in [0.15, 0.2) is 5.96 Å². The van der Waals surface area contributed by atoms with Crippen LogP contribution in [0, 0.1) is 5.82 Å². The maximum absolute atomic E-state index is 13.1. The lowest BCUT2D eigenvalue weighted by molar-refractivity contribution is 0.372. The van der Waals surface area contributed by atoms with E-state index in [0.29, 0.717) is 0 Å². The van der Waals surface area contributed by atoms with Gasteiger partial charge in [0.2, 0.25) is 0 Å². The molecule has 0 atom stereocenters. The van der Waals surface area contributed by atoms with Crippen LogP contribution >= 0.6 is 0 Å². The van der Waals surface area contributed by atoms with Gasteiger partial charge >= 0.3 is 0 Å². The normalized spacial score (nSPS) is 14.5. The lowest BCUT2D eigenvalue weighted by atomic mass is 10.2. The number of nitrogens with zero attached hydrogens (tertiary/aromatic N) is 5. The van der Waals surface area contributed by atoms with E-state index in [-0.39, 0.29) is 5.82 Å². The Hall–Kier alpha value is -3.55. The van der Waals surface area contributed by atoms with E-state index in [4.69, 9.17) is 4.74 Å². The third-order valence-corrected chi connectivity index (χ3v) is 5.61. The number of anilines is 1. The molecule has 1 N–H and O–H groups in total. The maximum Gasteiger partial charge on any atom is 0.193 e. The average molecular weight is 437 g/mol. The number of ether oxygens (including phenoxy) is 1. The van der Waals surface area contributed by atoms with Gasteiger partial charge in [-0.2, -0.15) is 5.10 Å². The van der Waals surface area contributed by atoms with Crippen molar-refractivity contribution >= 4 is 11.6 Å². The molecule has 2 heterocycles. The van der Waals surface area contributed by atoms with Gasteiger partial charge in [0, 0.05) is 64.1 Å². The van der Waals surface area contributed by atoms with Crippen molar-refractivity contribution in [2.24, 2.45) is 4.99 Å². The highest BCUT2D eigenvalue weighted by Gasteiger charge is 2.20. The Morgan fingerprint density at radius 2 is 1.84 bits per heavy atom. The first-order valence-electron chi connectivity index (χ1n) is 10.8. The fraction of sp³-hybridized carbons (Fsp3) is 0.333. The first-order chi connectivity index (χ1) is 15.7. The summed E-state index contributed by atoms with van der Waals surface area (Å²) in [6, 6.07) is 16.5. The van der Waals surface area contributed by atoms with Crippen LogP contribution in [0.3, 0.4) is 0 Å². The van der Waals surface area contributed by atoms with Crippen LogP contribution in [0.4, 0.5) is 10.1 Å². The minimum Gasteiger partial charge on any atom is -0.497 e. The number of hydrogen-bond donors (Lipinski definition) is 1. The molecule has 168 valence electrons. The minimum atomic E-state index is -0.249. The number of aliphatic imine (C=N–C) groups is 1. The zero-order valence-electron chi connectivity index (χ0n) is 18.5. The molecule has 1 saturated heterocycles. The number of hydrogen-bond acceptors (Lipinski definition) is 4. The van der Waals surface area contributed by atoms with Crippen molar-refractivity contribution in [2.45, 2.75) is 6.42 Å². The Morgan fingerprint density at radius 1 is 1.06 bits per heavy atom. The number of piperazine rings is 1. The van der Waals surface area contributed by atoms with Crippen LogP contribution in [0.25, 0.3) is 5.69 Å². The molecule has 1 aliphatic heterocycles. The van der Waals surface area contributed by atoms with Crippen LogP contribution in [0.15, 0.2) is 65.8 Å². The molecule has 1 aliphatic rings. The molecule has 0 amide bonds. The van der Waals surface area contributed by atoms with E-state index in [0.717, 1.165) is 62.2 Å². The molecule has 0 bridgehead atoms. The van der Waals surface area contributed by atoms with Gasteiger partial charge in [-0.05, 0) is 42.5 Å². The zero-order chi connectivity index (χ0) is 22.3. The molecule has 0 aliphatic carbocycles. The van der Waals surface area contributed by atoms with Crippen LogP contribution in [0.5, 0.6) is 5.75 Å². The van der Waals surface area contributed by atoms with E-state index in [9.17, 15) is 4.39 Å². The van der Waals surface area contributed by atoms with E-state index in [1.165, 1.54) is 17.8 Å². The van der Waals surface area contributed by atoms with E-state index in [2.05, 4.69) is 37.3 Å². The minimum absolute atomic E-state index is 0.249. The van der Waals surface area contributed by atoms with Gasteiger partial charge in [-0.3, -0.25) is 4.99 Å². The summed E-state index contributed by atoms with van der Waals surface area (Å²) in [5.41, 5.74) is 3.00. The number of rotatable bonds is 6. The summed E-state index contributed by atoms with van der Waals surface area (Å²) in [6.07, 6.45) is 2.67. The second kappa shape index (κ2) is 10.2. The van der Waals surface area contributed by atoms with Crippen molar-refractivity contribution in [1.82, 2.24) is 20.0 Å².